The van der Waals surface area contributed by atoms with Crippen molar-refractivity contribution in [2.75, 3.05) is 13.1 Å². The van der Waals surface area contributed by atoms with E-state index >= 15 is 0 Å². The normalized spacial score (nSPS) is 27.6. The van der Waals surface area contributed by atoms with E-state index in [1.165, 1.54) is 4.31 Å². The largest absolute Gasteiger partial charge is 0.345 e. The molecule has 1 saturated heterocycles. The maximum absolute atomic E-state index is 13.0. The lowest BCUT2D eigenvalue weighted by Gasteiger charge is -2.33. The summed E-state index contributed by atoms with van der Waals surface area (Å²) in [7, 11) is -3.62. The third-order valence-corrected chi connectivity index (χ3v) is 7.40. The molecule has 2 fully saturated rings. The molecule has 8 nitrogen and oxygen atoms in total. The van der Waals surface area contributed by atoms with E-state index in [0.717, 1.165) is 28.9 Å². The van der Waals surface area contributed by atoms with Gasteiger partial charge in [0.05, 0.1) is 11.7 Å². The summed E-state index contributed by atoms with van der Waals surface area (Å²) in [5.41, 5.74) is 3.61. The number of fused-ring (bicyclic) bond motifs is 3. The Morgan fingerprint density at radius 2 is 2.07 bits per heavy atom. The molecular formula is C17H21FN6O2S. The van der Waals surface area contributed by atoms with Gasteiger partial charge in [-0.15, -0.1) is 0 Å². The predicted molar refractivity (Wildman–Crippen MR) is 98.3 cm³/mol. The first-order valence-electron chi connectivity index (χ1n) is 9.13. The van der Waals surface area contributed by atoms with Gasteiger partial charge in [0, 0.05) is 43.1 Å². The average Bonchev–Trinajstić information content (AvgIpc) is 3.28. The molecule has 1 saturated carbocycles. The van der Waals surface area contributed by atoms with Gasteiger partial charge in [-0.2, -0.15) is 17.4 Å². The van der Waals surface area contributed by atoms with Crippen molar-refractivity contribution in [1.29, 1.82) is 0 Å². The first-order valence-corrected chi connectivity index (χ1v) is 10.6. The van der Waals surface area contributed by atoms with Crippen LogP contribution in [0.15, 0.2) is 24.7 Å². The second-order valence-electron chi connectivity index (χ2n) is 7.64. The second kappa shape index (κ2) is 5.98. The Balaban J connectivity index is 1.42. The van der Waals surface area contributed by atoms with Gasteiger partial charge in [-0.3, -0.25) is 4.40 Å². The lowest BCUT2D eigenvalue weighted by Crippen LogP contribution is -2.56. The molecule has 0 aromatic carbocycles. The molecule has 0 amide bonds. The Bertz CT molecular complexity index is 1100. The van der Waals surface area contributed by atoms with Gasteiger partial charge in [0.15, 0.2) is 11.3 Å². The van der Waals surface area contributed by atoms with Crippen molar-refractivity contribution >= 4 is 27.0 Å². The smallest absolute Gasteiger partial charge is 0.279 e. The highest BCUT2D eigenvalue weighted by Gasteiger charge is 2.40. The van der Waals surface area contributed by atoms with Crippen LogP contribution in [0.5, 0.6) is 0 Å². The Labute approximate surface area is 156 Å². The molecule has 1 aliphatic heterocycles. The molecule has 0 bridgehead atoms. The Hall–Kier alpha value is -2.04. The van der Waals surface area contributed by atoms with Crippen LogP contribution in [0.25, 0.3) is 16.8 Å². The summed E-state index contributed by atoms with van der Waals surface area (Å²) in [5.74, 6) is 0.476. The topological polar surface area (TPSA) is 95.4 Å². The summed E-state index contributed by atoms with van der Waals surface area (Å²) in [4.78, 5) is 12.0. The number of rotatable bonds is 4. The quantitative estimate of drug-likeness (QED) is 0.705. The minimum absolute atomic E-state index is 0.0488. The highest BCUT2D eigenvalue weighted by atomic mass is 32.2. The maximum atomic E-state index is 13.0. The van der Waals surface area contributed by atoms with E-state index in [2.05, 4.69) is 31.0 Å². The van der Waals surface area contributed by atoms with Gasteiger partial charge in [0.1, 0.15) is 6.17 Å². The van der Waals surface area contributed by atoms with Crippen LogP contribution in [0, 0.1) is 5.92 Å². The summed E-state index contributed by atoms with van der Waals surface area (Å²) < 4.78 is 43.8. The highest BCUT2D eigenvalue weighted by Crippen LogP contribution is 2.40. The third kappa shape index (κ3) is 2.74. The van der Waals surface area contributed by atoms with Crippen LogP contribution >= 0.6 is 0 Å². The molecule has 27 heavy (non-hydrogen) atoms. The van der Waals surface area contributed by atoms with E-state index in [4.69, 9.17) is 0 Å². The van der Waals surface area contributed by atoms with Crippen LogP contribution in [0.4, 0.5) is 4.39 Å². The van der Waals surface area contributed by atoms with E-state index in [1.54, 1.807) is 6.20 Å². The molecule has 2 aliphatic rings. The van der Waals surface area contributed by atoms with Crippen molar-refractivity contribution in [1.82, 2.24) is 28.4 Å². The van der Waals surface area contributed by atoms with Crippen LogP contribution in [0.2, 0.25) is 0 Å². The molecule has 3 aromatic rings. The number of aromatic nitrogens is 4. The van der Waals surface area contributed by atoms with Gasteiger partial charge in [0.25, 0.3) is 10.2 Å². The Kier molecular flexibility index (Phi) is 3.78. The average molecular weight is 392 g/mol. The van der Waals surface area contributed by atoms with Crippen LogP contribution in [-0.2, 0) is 10.2 Å². The molecule has 1 aliphatic carbocycles. The molecule has 5 rings (SSSR count). The number of imidazole rings is 1. The van der Waals surface area contributed by atoms with Gasteiger partial charge < -0.3 is 4.98 Å². The maximum Gasteiger partial charge on any atom is 0.279 e. The number of hydrogen-bond acceptors (Lipinski definition) is 4. The number of nitrogens with one attached hydrogen (secondary N) is 2. The predicted octanol–water partition coefficient (Wildman–Crippen LogP) is 1.58. The molecule has 3 atom stereocenters. The number of aromatic amines is 1. The van der Waals surface area contributed by atoms with Gasteiger partial charge in [-0.05, 0) is 24.8 Å². The minimum atomic E-state index is -3.62. The first kappa shape index (κ1) is 17.1. The zero-order valence-corrected chi connectivity index (χ0v) is 15.7. The first-order chi connectivity index (χ1) is 12.9. The van der Waals surface area contributed by atoms with E-state index in [9.17, 15) is 12.8 Å². The van der Waals surface area contributed by atoms with Crippen LogP contribution < -0.4 is 4.72 Å². The zero-order valence-electron chi connectivity index (χ0n) is 14.8. The third-order valence-electron chi connectivity index (χ3n) is 5.79. The van der Waals surface area contributed by atoms with Crippen molar-refractivity contribution < 1.29 is 12.8 Å². The zero-order chi connectivity index (χ0) is 18.8. The molecule has 3 aromatic heterocycles. The summed E-state index contributed by atoms with van der Waals surface area (Å²) >= 11 is 0. The Morgan fingerprint density at radius 3 is 2.85 bits per heavy atom. The summed E-state index contributed by atoms with van der Waals surface area (Å²) in [6, 6.07) is 1.81. The van der Waals surface area contributed by atoms with E-state index in [1.807, 2.05) is 18.5 Å². The summed E-state index contributed by atoms with van der Waals surface area (Å²) in [6.45, 7) is 2.04. The number of nitrogens with zero attached hydrogens (tertiary/aromatic N) is 4. The second-order valence-corrected chi connectivity index (χ2v) is 9.34. The summed E-state index contributed by atoms with van der Waals surface area (Å²) in [5, 5.41) is 0. The molecule has 10 heteroatoms. The summed E-state index contributed by atoms with van der Waals surface area (Å²) in [6.07, 6.45) is 5.83. The van der Waals surface area contributed by atoms with Crippen molar-refractivity contribution in [3.63, 3.8) is 0 Å². The number of hydrogen-bond donors (Lipinski definition) is 2. The fraction of sp³-hybridized carbons (Fsp3) is 0.529. The van der Waals surface area contributed by atoms with Crippen LogP contribution in [-0.4, -0.2) is 57.4 Å². The van der Waals surface area contributed by atoms with Crippen molar-refractivity contribution in [3.05, 3.63) is 30.4 Å². The molecular weight excluding hydrogens is 371 g/mol. The molecule has 3 unspecified atom stereocenters. The lowest BCUT2D eigenvalue weighted by molar-refractivity contribution is 0.139. The molecule has 0 radical (unpaired) electrons. The highest BCUT2D eigenvalue weighted by molar-refractivity contribution is 7.87. The minimum Gasteiger partial charge on any atom is -0.345 e. The number of H-pyrrole nitrogens is 1. The fourth-order valence-electron chi connectivity index (χ4n) is 4.38. The van der Waals surface area contributed by atoms with Gasteiger partial charge in [-0.25, -0.2) is 14.4 Å². The molecule has 0 spiro atoms. The van der Waals surface area contributed by atoms with Gasteiger partial charge in [-0.1, -0.05) is 6.92 Å². The molecule has 4 heterocycles. The fourth-order valence-corrected chi connectivity index (χ4v) is 5.86. The standard InChI is InChI=1S/C17H21FN6O2S/c1-10-4-12(22-27(25,26)23-8-11(18)9-23)5-13(10)15-6-20-16-7-21-17-14(24(15)16)2-3-19-17/h2-3,6-7,10-13,19,22H,4-5,8-9H2,1H3. The van der Waals surface area contributed by atoms with Crippen molar-refractivity contribution in [2.24, 2.45) is 5.92 Å². The monoisotopic (exact) mass is 392 g/mol. The SMILES string of the molecule is CC1CC(NS(=O)(=O)N2CC(F)C2)CC1c1cnc2cnc3[nH]ccc3n12. The molecule has 144 valence electrons. The van der Waals surface area contributed by atoms with E-state index in [0.29, 0.717) is 12.3 Å². The van der Waals surface area contributed by atoms with E-state index in [-0.39, 0.29) is 25.0 Å². The molecule has 2 N–H and O–H groups in total. The van der Waals surface area contributed by atoms with Crippen LogP contribution in [0.1, 0.15) is 31.4 Å². The number of halogens is 1. The lowest BCUT2D eigenvalue weighted by atomic mass is 9.95. The van der Waals surface area contributed by atoms with Crippen LogP contribution in [0.3, 0.4) is 0 Å². The van der Waals surface area contributed by atoms with Crippen molar-refractivity contribution in [2.45, 2.75) is 37.9 Å². The van der Waals surface area contributed by atoms with Gasteiger partial charge >= 0.3 is 0 Å². The number of alkyl halides is 1. The van der Waals surface area contributed by atoms with Crippen molar-refractivity contribution in [3.8, 4) is 0 Å². The Morgan fingerprint density at radius 1 is 1.26 bits per heavy atom. The van der Waals surface area contributed by atoms with E-state index < -0.39 is 16.4 Å². The van der Waals surface area contributed by atoms with Gasteiger partial charge in [0.2, 0.25) is 0 Å².